The summed E-state index contributed by atoms with van der Waals surface area (Å²) in [6.07, 6.45) is 2.78. The van der Waals surface area contributed by atoms with Gasteiger partial charge in [0.15, 0.2) is 0 Å². The topological polar surface area (TPSA) is 66.8 Å². The lowest BCUT2D eigenvalue weighted by atomic mass is 9.50. The number of allylic oxidation sites excluding steroid dienone is 1. The molecule has 0 spiro atoms. The van der Waals surface area contributed by atoms with E-state index in [1.165, 1.54) is 0 Å². The van der Waals surface area contributed by atoms with Gasteiger partial charge in [0.25, 0.3) is 0 Å². The first kappa shape index (κ1) is 18.1. The van der Waals surface area contributed by atoms with Crippen LogP contribution >= 0.6 is 0 Å². The molecule has 0 aromatic carbocycles. The van der Waals surface area contributed by atoms with Crippen LogP contribution in [0.5, 0.6) is 0 Å². The number of carbonyl (C=O) groups excluding carboxylic acids is 1. The van der Waals surface area contributed by atoms with Gasteiger partial charge in [0, 0.05) is 11.3 Å². The molecule has 7 unspecified atom stereocenters. The van der Waals surface area contributed by atoms with E-state index in [-0.39, 0.29) is 23.7 Å². The number of rotatable bonds is 1. The number of ketones is 1. The van der Waals surface area contributed by atoms with E-state index in [1.54, 1.807) is 0 Å². The smallest absolute Gasteiger partial charge is 0.144 e. The number of hydrogen-bond donors (Lipinski definition) is 2. The van der Waals surface area contributed by atoms with Gasteiger partial charge in [0.1, 0.15) is 11.9 Å². The molecule has 0 radical (unpaired) electrons. The van der Waals surface area contributed by atoms with E-state index >= 15 is 0 Å². The normalized spacial score (nSPS) is 51.2. The van der Waals surface area contributed by atoms with E-state index in [9.17, 15) is 15.0 Å². The molecule has 0 bridgehead atoms. The lowest BCUT2D eigenvalue weighted by Gasteiger charge is -2.57. The molecule has 3 aliphatic rings. The Labute approximate surface area is 145 Å². The van der Waals surface area contributed by atoms with Gasteiger partial charge in [-0.2, -0.15) is 0 Å². The van der Waals surface area contributed by atoms with Crippen LogP contribution in [0, 0.1) is 23.2 Å². The number of hydrogen-bond acceptors (Lipinski definition) is 4. The summed E-state index contributed by atoms with van der Waals surface area (Å²) in [5.41, 5.74) is -0.990. The van der Waals surface area contributed by atoms with Crippen LogP contribution in [0.2, 0.25) is 0 Å². The van der Waals surface area contributed by atoms with Crippen LogP contribution in [-0.4, -0.2) is 39.4 Å². The van der Waals surface area contributed by atoms with Gasteiger partial charge in [-0.15, -0.1) is 0 Å². The zero-order chi connectivity index (χ0) is 18.1. The Morgan fingerprint density at radius 1 is 1.29 bits per heavy atom. The molecule has 1 aliphatic heterocycles. The van der Waals surface area contributed by atoms with Crippen molar-refractivity contribution in [2.24, 2.45) is 23.2 Å². The molecule has 3 rings (SSSR count). The first-order valence-electron chi connectivity index (χ1n) is 9.23. The zero-order valence-electron chi connectivity index (χ0n) is 15.8. The fourth-order valence-electron chi connectivity index (χ4n) is 5.56. The van der Waals surface area contributed by atoms with Gasteiger partial charge in [0.2, 0.25) is 0 Å². The molecular formula is C20H32O4. The maximum Gasteiger partial charge on any atom is 0.144 e. The molecule has 2 saturated carbocycles. The molecule has 1 saturated heterocycles. The maximum absolute atomic E-state index is 13.0. The molecule has 24 heavy (non-hydrogen) atoms. The highest BCUT2D eigenvalue weighted by atomic mass is 16.5. The second-order valence-corrected chi connectivity index (χ2v) is 9.18. The van der Waals surface area contributed by atoms with Crippen LogP contribution < -0.4 is 0 Å². The third-order valence-electron chi connectivity index (χ3n) is 7.36. The average molecular weight is 336 g/mol. The van der Waals surface area contributed by atoms with Crippen LogP contribution in [0.15, 0.2) is 11.6 Å². The molecule has 1 heterocycles. The van der Waals surface area contributed by atoms with Crippen LogP contribution in [0.1, 0.15) is 60.8 Å². The van der Waals surface area contributed by atoms with Gasteiger partial charge in [0.05, 0.1) is 23.2 Å². The highest BCUT2D eigenvalue weighted by molar-refractivity contribution is 5.88. The Morgan fingerprint density at radius 2 is 1.92 bits per heavy atom. The number of fused-ring (bicyclic) bond motifs is 2. The summed E-state index contributed by atoms with van der Waals surface area (Å²) in [5, 5.41) is 22.4. The Hall–Kier alpha value is -0.710. The van der Waals surface area contributed by atoms with E-state index in [1.807, 2.05) is 47.6 Å². The third-order valence-corrected chi connectivity index (χ3v) is 7.36. The fourth-order valence-corrected chi connectivity index (χ4v) is 5.56. The fraction of sp³-hybridized carbons (Fsp3) is 0.850. The lowest BCUT2D eigenvalue weighted by Crippen LogP contribution is -2.65. The Kier molecular flexibility index (Phi) is 4.06. The Morgan fingerprint density at radius 3 is 2.50 bits per heavy atom. The highest BCUT2D eigenvalue weighted by Crippen LogP contribution is 2.59. The minimum Gasteiger partial charge on any atom is -0.390 e. The molecule has 7 atom stereocenters. The summed E-state index contributed by atoms with van der Waals surface area (Å²) >= 11 is 0. The summed E-state index contributed by atoms with van der Waals surface area (Å²) in [4.78, 5) is 13.0. The molecule has 136 valence electrons. The van der Waals surface area contributed by atoms with Crippen molar-refractivity contribution in [3.05, 3.63) is 11.6 Å². The van der Waals surface area contributed by atoms with E-state index < -0.39 is 28.6 Å². The number of aliphatic hydroxyl groups is 2. The van der Waals surface area contributed by atoms with Crippen molar-refractivity contribution in [2.45, 2.75) is 84.2 Å². The van der Waals surface area contributed by atoms with E-state index in [4.69, 9.17) is 4.74 Å². The number of Topliss-reactive ketones (excluding diaryl/α,β-unsaturated/α-hetero) is 1. The van der Waals surface area contributed by atoms with Crippen LogP contribution in [-0.2, 0) is 9.53 Å². The molecule has 2 N–H and O–H groups in total. The molecular weight excluding hydrogens is 304 g/mol. The first-order valence-corrected chi connectivity index (χ1v) is 9.23. The van der Waals surface area contributed by atoms with Crippen molar-refractivity contribution in [1.82, 2.24) is 0 Å². The van der Waals surface area contributed by atoms with Crippen molar-refractivity contribution in [3.8, 4) is 0 Å². The average Bonchev–Trinajstić information content (AvgIpc) is 2.78. The first-order chi connectivity index (χ1) is 11.0. The minimum atomic E-state index is -1.03. The summed E-state index contributed by atoms with van der Waals surface area (Å²) < 4.78 is 6.32. The highest BCUT2D eigenvalue weighted by Gasteiger charge is 2.67. The summed E-state index contributed by atoms with van der Waals surface area (Å²) in [5.74, 6) is -0.597. The van der Waals surface area contributed by atoms with Gasteiger partial charge in [-0.25, -0.2) is 0 Å². The molecule has 0 aromatic rings. The van der Waals surface area contributed by atoms with Gasteiger partial charge in [-0.05, 0) is 51.5 Å². The van der Waals surface area contributed by atoms with Gasteiger partial charge in [-0.1, -0.05) is 26.8 Å². The van der Waals surface area contributed by atoms with E-state index in [0.29, 0.717) is 19.3 Å². The summed E-state index contributed by atoms with van der Waals surface area (Å²) in [7, 11) is 0. The van der Waals surface area contributed by atoms with Crippen LogP contribution in [0.4, 0.5) is 0 Å². The molecule has 0 amide bonds. The van der Waals surface area contributed by atoms with Crippen molar-refractivity contribution in [3.63, 3.8) is 0 Å². The Balaban J connectivity index is 2.01. The van der Waals surface area contributed by atoms with E-state index in [0.717, 1.165) is 5.57 Å². The molecule has 3 fully saturated rings. The number of aliphatic hydroxyl groups excluding tert-OH is 1. The second-order valence-electron chi connectivity index (χ2n) is 9.18. The quantitative estimate of drug-likeness (QED) is 0.723. The van der Waals surface area contributed by atoms with Crippen molar-refractivity contribution < 1.29 is 19.7 Å². The van der Waals surface area contributed by atoms with Gasteiger partial charge >= 0.3 is 0 Å². The molecule has 2 aliphatic carbocycles. The van der Waals surface area contributed by atoms with Gasteiger partial charge < -0.3 is 14.9 Å². The summed E-state index contributed by atoms with van der Waals surface area (Å²) in [6, 6.07) is 0. The number of carbonyl (C=O) groups is 1. The van der Waals surface area contributed by atoms with Crippen molar-refractivity contribution in [1.29, 1.82) is 0 Å². The predicted octanol–water partition coefficient (Wildman–Crippen LogP) is 2.86. The SMILES string of the molecule is CC=C(C)C1OC2(C)CC3C(=O)C(C)(C)CCC3(O)C(C)C2C1O. The van der Waals surface area contributed by atoms with E-state index in [2.05, 4.69) is 0 Å². The zero-order valence-corrected chi connectivity index (χ0v) is 15.8. The molecule has 4 heteroatoms. The number of ether oxygens (including phenoxy) is 1. The van der Waals surface area contributed by atoms with Gasteiger partial charge in [-0.3, -0.25) is 4.79 Å². The lowest BCUT2D eigenvalue weighted by molar-refractivity contribution is -0.203. The predicted molar refractivity (Wildman–Crippen MR) is 92.4 cm³/mol. The minimum absolute atomic E-state index is 0.145. The largest absolute Gasteiger partial charge is 0.390 e. The summed E-state index contributed by atoms with van der Waals surface area (Å²) in [6.45, 7) is 11.9. The monoisotopic (exact) mass is 336 g/mol. The standard InChI is InChI=1S/C20H32O4/c1-7-11(2)16-15(21)14-12(3)20(23)9-8-18(4,5)17(22)13(20)10-19(14,6)24-16/h7,12-16,21,23H,8-10H2,1-6H3. The van der Waals surface area contributed by atoms with Crippen LogP contribution in [0.25, 0.3) is 0 Å². The molecule has 4 nitrogen and oxygen atoms in total. The molecule has 0 aromatic heterocycles. The van der Waals surface area contributed by atoms with Crippen LogP contribution in [0.3, 0.4) is 0 Å². The van der Waals surface area contributed by atoms with Crippen molar-refractivity contribution in [2.75, 3.05) is 0 Å². The Bertz CT molecular complexity index is 580. The third kappa shape index (κ3) is 2.26. The maximum atomic E-state index is 13.0. The second kappa shape index (κ2) is 5.39. The van der Waals surface area contributed by atoms with Crippen molar-refractivity contribution >= 4 is 5.78 Å².